The summed E-state index contributed by atoms with van der Waals surface area (Å²) in [5.41, 5.74) is 0. The van der Waals surface area contributed by atoms with Crippen molar-refractivity contribution in [1.82, 2.24) is 10.6 Å². The van der Waals surface area contributed by atoms with E-state index in [4.69, 9.17) is 4.74 Å². The summed E-state index contributed by atoms with van der Waals surface area (Å²) in [7, 11) is 1.67. The van der Waals surface area contributed by atoms with Crippen molar-refractivity contribution in [2.45, 2.75) is 26.8 Å². The van der Waals surface area contributed by atoms with Crippen LogP contribution in [0.3, 0.4) is 0 Å². The SMILES string of the molecule is COCC(NC(=O)[C@@H]1CNC[C@H]1C)C(C)C. The van der Waals surface area contributed by atoms with Gasteiger partial charge in [0.15, 0.2) is 0 Å². The van der Waals surface area contributed by atoms with Crippen LogP contribution in [0.2, 0.25) is 0 Å². The predicted octanol–water partition coefficient (Wildman–Crippen LogP) is 0.629. The van der Waals surface area contributed by atoms with E-state index in [-0.39, 0.29) is 17.9 Å². The molecule has 94 valence electrons. The van der Waals surface area contributed by atoms with Crippen LogP contribution in [0.5, 0.6) is 0 Å². The maximum atomic E-state index is 12.0. The van der Waals surface area contributed by atoms with Crippen molar-refractivity contribution in [3.05, 3.63) is 0 Å². The Morgan fingerprint density at radius 1 is 1.50 bits per heavy atom. The molecule has 0 spiro atoms. The second-order valence-electron chi connectivity index (χ2n) is 5.06. The Hall–Kier alpha value is -0.610. The molecule has 0 aromatic carbocycles. The van der Waals surface area contributed by atoms with E-state index in [1.165, 1.54) is 0 Å². The summed E-state index contributed by atoms with van der Waals surface area (Å²) in [6.45, 7) is 8.63. The van der Waals surface area contributed by atoms with E-state index in [0.29, 0.717) is 18.4 Å². The molecule has 0 aliphatic carbocycles. The molecule has 0 radical (unpaired) electrons. The third-order valence-corrected chi connectivity index (χ3v) is 3.33. The van der Waals surface area contributed by atoms with Gasteiger partial charge in [0, 0.05) is 13.7 Å². The Balaban J connectivity index is 2.47. The molecule has 0 bridgehead atoms. The first kappa shape index (κ1) is 13.5. The summed E-state index contributed by atoms with van der Waals surface area (Å²) in [6.07, 6.45) is 0. The second-order valence-corrected chi connectivity index (χ2v) is 5.06. The molecule has 1 heterocycles. The predicted molar refractivity (Wildman–Crippen MR) is 64.2 cm³/mol. The van der Waals surface area contributed by atoms with Crippen molar-refractivity contribution in [1.29, 1.82) is 0 Å². The molecule has 4 nitrogen and oxygen atoms in total. The molecule has 0 aromatic heterocycles. The van der Waals surface area contributed by atoms with Gasteiger partial charge in [-0.1, -0.05) is 20.8 Å². The van der Waals surface area contributed by atoms with Crippen molar-refractivity contribution in [2.75, 3.05) is 26.8 Å². The fourth-order valence-corrected chi connectivity index (χ4v) is 2.03. The third kappa shape index (κ3) is 3.46. The maximum Gasteiger partial charge on any atom is 0.225 e. The molecular formula is C12H24N2O2. The molecule has 1 aliphatic rings. The van der Waals surface area contributed by atoms with Gasteiger partial charge >= 0.3 is 0 Å². The van der Waals surface area contributed by atoms with E-state index >= 15 is 0 Å². The first-order chi connectivity index (χ1) is 7.56. The first-order valence-corrected chi connectivity index (χ1v) is 6.06. The lowest BCUT2D eigenvalue weighted by Gasteiger charge is -2.24. The zero-order valence-corrected chi connectivity index (χ0v) is 10.7. The largest absolute Gasteiger partial charge is 0.383 e. The minimum absolute atomic E-state index is 0.109. The monoisotopic (exact) mass is 228 g/mol. The smallest absolute Gasteiger partial charge is 0.225 e. The summed E-state index contributed by atoms with van der Waals surface area (Å²) in [5.74, 6) is 1.09. The Morgan fingerprint density at radius 3 is 2.62 bits per heavy atom. The number of methoxy groups -OCH3 is 1. The van der Waals surface area contributed by atoms with Gasteiger partial charge in [-0.05, 0) is 18.4 Å². The Bertz CT molecular complexity index is 231. The first-order valence-electron chi connectivity index (χ1n) is 6.06. The average Bonchev–Trinajstić information content (AvgIpc) is 2.63. The average molecular weight is 228 g/mol. The number of amides is 1. The van der Waals surface area contributed by atoms with E-state index < -0.39 is 0 Å². The number of carbonyl (C=O) groups excluding carboxylic acids is 1. The van der Waals surface area contributed by atoms with Gasteiger partial charge < -0.3 is 15.4 Å². The number of nitrogens with one attached hydrogen (secondary N) is 2. The highest BCUT2D eigenvalue weighted by molar-refractivity contribution is 5.79. The van der Waals surface area contributed by atoms with Gasteiger partial charge in [-0.2, -0.15) is 0 Å². The molecule has 1 saturated heterocycles. The molecule has 1 fully saturated rings. The van der Waals surface area contributed by atoms with Crippen LogP contribution in [0, 0.1) is 17.8 Å². The molecule has 0 aromatic rings. The molecule has 1 aliphatic heterocycles. The van der Waals surface area contributed by atoms with Crippen molar-refractivity contribution < 1.29 is 9.53 Å². The fraction of sp³-hybridized carbons (Fsp3) is 0.917. The van der Waals surface area contributed by atoms with Crippen LogP contribution in [0.25, 0.3) is 0 Å². The highest BCUT2D eigenvalue weighted by Gasteiger charge is 2.31. The minimum Gasteiger partial charge on any atom is -0.383 e. The van der Waals surface area contributed by atoms with Gasteiger partial charge in [-0.15, -0.1) is 0 Å². The summed E-state index contributed by atoms with van der Waals surface area (Å²) < 4.78 is 5.13. The lowest BCUT2D eigenvalue weighted by molar-refractivity contribution is -0.126. The topological polar surface area (TPSA) is 50.4 Å². The zero-order chi connectivity index (χ0) is 12.1. The Kier molecular flexibility index (Phi) is 5.22. The number of hydrogen-bond donors (Lipinski definition) is 2. The maximum absolute atomic E-state index is 12.0. The van der Waals surface area contributed by atoms with Gasteiger partial charge in [-0.3, -0.25) is 4.79 Å². The van der Waals surface area contributed by atoms with Crippen LogP contribution in [-0.2, 0) is 9.53 Å². The van der Waals surface area contributed by atoms with Crippen LogP contribution >= 0.6 is 0 Å². The standard InChI is InChI=1S/C12H24N2O2/c1-8(2)11(7-16-4)14-12(15)10-6-13-5-9(10)3/h8-11,13H,5-7H2,1-4H3,(H,14,15)/t9-,10-,11?/m1/s1. The van der Waals surface area contributed by atoms with Crippen LogP contribution in [-0.4, -0.2) is 38.8 Å². The van der Waals surface area contributed by atoms with Crippen molar-refractivity contribution in [2.24, 2.45) is 17.8 Å². The molecule has 4 heteroatoms. The highest BCUT2D eigenvalue weighted by Crippen LogP contribution is 2.16. The number of ether oxygens (including phenoxy) is 1. The summed E-state index contributed by atoms with van der Waals surface area (Å²) in [6, 6.07) is 0.116. The van der Waals surface area contributed by atoms with Crippen LogP contribution in [0.15, 0.2) is 0 Å². The highest BCUT2D eigenvalue weighted by atomic mass is 16.5. The Labute approximate surface area is 98.1 Å². The molecule has 1 unspecified atom stereocenters. The quantitative estimate of drug-likeness (QED) is 0.725. The number of carbonyl (C=O) groups is 1. The van der Waals surface area contributed by atoms with Gasteiger partial charge in [-0.25, -0.2) is 0 Å². The molecule has 1 amide bonds. The van der Waals surface area contributed by atoms with E-state index in [1.54, 1.807) is 7.11 Å². The zero-order valence-electron chi connectivity index (χ0n) is 10.7. The van der Waals surface area contributed by atoms with E-state index in [9.17, 15) is 4.79 Å². The molecular weight excluding hydrogens is 204 g/mol. The lowest BCUT2D eigenvalue weighted by Crippen LogP contribution is -2.45. The normalized spacial score (nSPS) is 27.1. The Morgan fingerprint density at radius 2 is 2.19 bits per heavy atom. The number of hydrogen-bond acceptors (Lipinski definition) is 3. The van der Waals surface area contributed by atoms with E-state index in [0.717, 1.165) is 13.1 Å². The molecule has 16 heavy (non-hydrogen) atoms. The van der Waals surface area contributed by atoms with Crippen molar-refractivity contribution in [3.63, 3.8) is 0 Å². The van der Waals surface area contributed by atoms with Crippen LogP contribution < -0.4 is 10.6 Å². The van der Waals surface area contributed by atoms with Crippen LogP contribution in [0.1, 0.15) is 20.8 Å². The van der Waals surface area contributed by atoms with Gasteiger partial charge in [0.2, 0.25) is 5.91 Å². The van der Waals surface area contributed by atoms with Crippen molar-refractivity contribution in [3.8, 4) is 0 Å². The lowest BCUT2D eigenvalue weighted by atomic mass is 9.96. The van der Waals surface area contributed by atoms with Crippen LogP contribution in [0.4, 0.5) is 0 Å². The fourth-order valence-electron chi connectivity index (χ4n) is 2.03. The molecule has 3 atom stereocenters. The number of rotatable bonds is 5. The molecule has 1 rings (SSSR count). The molecule has 2 N–H and O–H groups in total. The second kappa shape index (κ2) is 6.21. The van der Waals surface area contributed by atoms with E-state index in [1.807, 2.05) is 0 Å². The van der Waals surface area contributed by atoms with Gasteiger partial charge in [0.05, 0.1) is 18.6 Å². The van der Waals surface area contributed by atoms with Crippen molar-refractivity contribution >= 4 is 5.91 Å². The summed E-state index contributed by atoms with van der Waals surface area (Å²) in [4.78, 5) is 12.0. The van der Waals surface area contributed by atoms with E-state index in [2.05, 4.69) is 31.4 Å². The van der Waals surface area contributed by atoms with Gasteiger partial charge in [0.1, 0.15) is 0 Å². The summed E-state index contributed by atoms with van der Waals surface area (Å²) in [5, 5.41) is 6.33. The summed E-state index contributed by atoms with van der Waals surface area (Å²) >= 11 is 0. The van der Waals surface area contributed by atoms with Gasteiger partial charge in [0.25, 0.3) is 0 Å². The molecule has 0 saturated carbocycles. The third-order valence-electron chi connectivity index (χ3n) is 3.33. The minimum atomic E-state index is 0.109.